The Morgan fingerprint density at radius 2 is 1.96 bits per heavy atom. The van der Waals surface area contributed by atoms with Crippen LogP contribution < -0.4 is 11.0 Å². The lowest BCUT2D eigenvalue weighted by atomic mass is 9.94. The van der Waals surface area contributed by atoms with E-state index in [1.54, 1.807) is 0 Å². The van der Waals surface area contributed by atoms with Crippen molar-refractivity contribution >= 4 is 17.9 Å². The number of piperidine rings is 1. The zero-order chi connectivity index (χ0) is 17.4. The highest BCUT2D eigenvalue weighted by Gasteiger charge is 2.30. The zero-order valence-corrected chi connectivity index (χ0v) is 13.3. The molecule has 2 atom stereocenters. The lowest BCUT2D eigenvalue weighted by Gasteiger charge is -2.25. The minimum Gasteiger partial charge on any atom is -0.383 e. The van der Waals surface area contributed by atoms with Crippen LogP contribution in [0.3, 0.4) is 0 Å². The summed E-state index contributed by atoms with van der Waals surface area (Å²) in [6.45, 7) is 2.80. The molecule has 130 valence electrons. The molecule has 1 aliphatic rings. The van der Waals surface area contributed by atoms with Crippen LogP contribution in [0, 0.1) is 5.92 Å². The third-order valence-electron chi connectivity index (χ3n) is 3.59. The number of hydrogen-bond acceptors (Lipinski definition) is 8. The Balaban J connectivity index is 1.66. The van der Waals surface area contributed by atoms with Crippen LogP contribution in [0.15, 0.2) is 30.3 Å². The number of esters is 2. The van der Waals surface area contributed by atoms with Crippen LogP contribution in [0.1, 0.15) is 25.3 Å². The van der Waals surface area contributed by atoms with Gasteiger partial charge in [-0.25, -0.2) is 14.4 Å². The van der Waals surface area contributed by atoms with Gasteiger partial charge in [0.05, 0.1) is 6.61 Å². The fourth-order valence-corrected chi connectivity index (χ4v) is 2.29. The summed E-state index contributed by atoms with van der Waals surface area (Å²) < 4.78 is 4.50. The number of carbonyl (C=O) groups is 3. The average molecular weight is 336 g/mol. The molecule has 1 heterocycles. The molecule has 8 heteroatoms. The fourth-order valence-electron chi connectivity index (χ4n) is 2.29. The smallest absolute Gasteiger partial charge is 0.383 e. The monoisotopic (exact) mass is 336 g/mol. The molecule has 1 saturated heterocycles. The largest absolute Gasteiger partial charge is 0.438 e. The third-order valence-corrected chi connectivity index (χ3v) is 3.59. The Kier molecular flexibility index (Phi) is 6.86. The van der Waals surface area contributed by atoms with E-state index < -0.39 is 23.9 Å². The first-order valence-electron chi connectivity index (χ1n) is 7.67. The van der Waals surface area contributed by atoms with Crippen molar-refractivity contribution in [2.24, 2.45) is 5.92 Å². The van der Waals surface area contributed by atoms with Crippen LogP contribution in [-0.2, 0) is 35.4 Å². The Hall–Kier alpha value is -2.29. The van der Waals surface area contributed by atoms with Gasteiger partial charge in [-0.15, -0.1) is 0 Å². The summed E-state index contributed by atoms with van der Waals surface area (Å²) in [7, 11) is 0. The van der Waals surface area contributed by atoms with Crippen molar-refractivity contribution in [1.29, 1.82) is 0 Å². The Morgan fingerprint density at radius 3 is 2.67 bits per heavy atom. The molecule has 1 aromatic carbocycles. The van der Waals surface area contributed by atoms with E-state index >= 15 is 0 Å². The van der Waals surface area contributed by atoms with Crippen molar-refractivity contribution in [3.05, 3.63) is 35.9 Å². The van der Waals surface area contributed by atoms with Crippen LogP contribution in [0.25, 0.3) is 0 Å². The summed E-state index contributed by atoms with van der Waals surface area (Å²) in [6.07, 6.45) is 1.50. The molecule has 2 N–H and O–H groups in total. The number of carbonyl (C=O) groups excluding carboxylic acids is 3. The molecule has 1 fully saturated rings. The Bertz CT molecular complexity index is 577. The van der Waals surface area contributed by atoms with E-state index in [9.17, 15) is 14.4 Å². The van der Waals surface area contributed by atoms with E-state index in [1.165, 1.54) is 0 Å². The van der Waals surface area contributed by atoms with Gasteiger partial charge in [0.2, 0.25) is 0 Å². The van der Waals surface area contributed by atoms with Crippen molar-refractivity contribution in [3.8, 4) is 0 Å². The van der Waals surface area contributed by atoms with Crippen LogP contribution in [0.5, 0.6) is 0 Å². The molecule has 0 aromatic heterocycles. The lowest BCUT2D eigenvalue weighted by Crippen LogP contribution is -2.45. The third kappa shape index (κ3) is 5.73. The normalized spacial score (nSPS) is 20.2. The van der Waals surface area contributed by atoms with Gasteiger partial charge >= 0.3 is 17.9 Å². The predicted octanol–water partition coefficient (Wildman–Crippen LogP) is 0.624. The molecule has 0 spiro atoms. The number of hydrogen-bond donors (Lipinski definition) is 2. The summed E-state index contributed by atoms with van der Waals surface area (Å²) >= 11 is 0. The molecule has 0 bridgehead atoms. The van der Waals surface area contributed by atoms with E-state index in [0.29, 0.717) is 18.9 Å². The van der Waals surface area contributed by atoms with Crippen molar-refractivity contribution < 1.29 is 28.8 Å². The van der Waals surface area contributed by atoms with Gasteiger partial charge < -0.3 is 14.9 Å². The zero-order valence-electron chi connectivity index (χ0n) is 13.3. The fraction of sp³-hybridized carbons (Fsp3) is 0.438. The van der Waals surface area contributed by atoms with E-state index in [-0.39, 0.29) is 6.61 Å². The average Bonchev–Trinajstić information content (AvgIpc) is 2.59. The van der Waals surface area contributed by atoms with E-state index in [1.807, 2.05) is 42.9 Å². The molecule has 0 unspecified atom stereocenters. The second-order valence-electron chi connectivity index (χ2n) is 5.59. The number of benzene rings is 1. The molecule has 2 rings (SSSR count). The molecular weight excluding hydrogens is 316 g/mol. The molecule has 1 aromatic rings. The van der Waals surface area contributed by atoms with E-state index in [2.05, 4.69) is 14.9 Å². The first kappa shape index (κ1) is 18.1. The second kappa shape index (κ2) is 9.11. The van der Waals surface area contributed by atoms with Crippen LogP contribution in [0.2, 0.25) is 0 Å². The summed E-state index contributed by atoms with van der Waals surface area (Å²) in [4.78, 5) is 44.0. The summed E-state index contributed by atoms with van der Waals surface area (Å²) in [6, 6.07) is 8.55. The van der Waals surface area contributed by atoms with Gasteiger partial charge in [0.15, 0.2) is 0 Å². The predicted molar refractivity (Wildman–Crippen MR) is 81.7 cm³/mol. The first-order chi connectivity index (χ1) is 11.6. The summed E-state index contributed by atoms with van der Waals surface area (Å²) in [5.74, 6) is -3.19. The number of nitrogens with one attached hydrogen (secondary N) is 2. The van der Waals surface area contributed by atoms with Crippen LogP contribution >= 0.6 is 0 Å². The first-order valence-corrected chi connectivity index (χ1v) is 7.67. The topological polar surface area (TPSA) is 103 Å². The SMILES string of the molecule is C[C@@H]1CCN[C@H](C(=O)OC(=O)C(=O)ONOCc2ccccc2)C1. The molecule has 0 radical (unpaired) electrons. The summed E-state index contributed by atoms with van der Waals surface area (Å²) in [5, 5.41) is 2.94. The molecule has 0 saturated carbocycles. The molecular formula is C16H20N2O6. The molecule has 0 amide bonds. The van der Waals surface area contributed by atoms with Gasteiger partial charge in [-0.1, -0.05) is 37.3 Å². The molecule has 8 nitrogen and oxygen atoms in total. The van der Waals surface area contributed by atoms with E-state index in [4.69, 9.17) is 4.84 Å². The quantitative estimate of drug-likeness (QED) is 0.265. The van der Waals surface area contributed by atoms with Gasteiger partial charge in [-0.3, -0.25) is 4.84 Å². The minimum absolute atomic E-state index is 0.131. The van der Waals surface area contributed by atoms with Gasteiger partial charge in [-0.2, -0.15) is 0 Å². The minimum atomic E-state index is -1.39. The van der Waals surface area contributed by atoms with Gasteiger partial charge in [0.1, 0.15) is 6.04 Å². The molecule has 0 aliphatic carbocycles. The maximum Gasteiger partial charge on any atom is 0.438 e. The standard InChI is InChI=1S/C16H20N2O6/c1-11-7-8-17-13(9-11)14(19)23-15(20)16(21)24-18-22-10-12-5-3-2-4-6-12/h2-6,11,13,17-18H,7-10H2,1H3/t11-,13+/m1/s1. The Morgan fingerprint density at radius 1 is 1.21 bits per heavy atom. The van der Waals surface area contributed by atoms with Crippen LogP contribution in [-0.4, -0.2) is 30.5 Å². The molecule has 24 heavy (non-hydrogen) atoms. The lowest BCUT2D eigenvalue weighted by molar-refractivity contribution is -0.203. The van der Waals surface area contributed by atoms with Gasteiger partial charge in [0.25, 0.3) is 0 Å². The second-order valence-corrected chi connectivity index (χ2v) is 5.59. The van der Waals surface area contributed by atoms with Gasteiger partial charge in [-0.05, 0) is 36.5 Å². The van der Waals surface area contributed by atoms with Crippen molar-refractivity contribution in [2.45, 2.75) is 32.4 Å². The maximum absolute atomic E-state index is 11.8. The van der Waals surface area contributed by atoms with E-state index in [0.717, 1.165) is 12.0 Å². The van der Waals surface area contributed by atoms with Gasteiger partial charge in [0, 0.05) is 0 Å². The Labute approximate surface area is 139 Å². The maximum atomic E-state index is 11.8. The molecule has 1 aliphatic heterocycles. The highest BCUT2D eigenvalue weighted by atomic mass is 16.9. The highest BCUT2D eigenvalue weighted by Crippen LogP contribution is 2.15. The van der Waals surface area contributed by atoms with Crippen LogP contribution in [0.4, 0.5) is 0 Å². The highest BCUT2D eigenvalue weighted by molar-refractivity contribution is 6.31. The summed E-state index contributed by atoms with van der Waals surface area (Å²) in [5.41, 5.74) is 2.74. The number of rotatable bonds is 5. The number of ether oxygens (including phenoxy) is 1. The van der Waals surface area contributed by atoms with Crippen molar-refractivity contribution in [2.75, 3.05) is 6.54 Å². The van der Waals surface area contributed by atoms with Crippen molar-refractivity contribution in [3.63, 3.8) is 0 Å². The van der Waals surface area contributed by atoms with Crippen molar-refractivity contribution in [1.82, 2.24) is 11.0 Å².